The Labute approximate surface area is 67.6 Å². The number of unbranched alkanes of at least 4 members (excludes halogenated alkanes) is 1. The highest BCUT2D eigenvalue weighted by molar-refractivity contribution is 5.71. The van der Waals surface area contributed by atoms with E-state index in [0.29, 0.717) is 5.92 Å². The topological polar surface area (TPSA) is 37.3 Å². The summed E-state index contributed by atoms with van der Waals surface area (Å²) in [6.45, 7) is 2.15. The molecular weight excluding hydrogens is 140 g/mol. The standard InChI is InChI=1S/C9H16O2/c1-2-3-4-7-5-6-8(7)9(10)11/h7-8H,2-6H2,1H3,(H,10,11). The summed E-state index contributed by atoms with van der Waals surface area (Å²) in [6, 6.07) is 0. The molecule has 1 saturated carbocycles. The Bertz CT molecular complexity index is 142. The van der Waals surface area contributed by atoms with Crippen LogP contribution < -0.4 is 0 Å². The first-order valence-corrected chi connectivity index (χ1v) is 4.48. The first-order valence-electron chi connectivity index (χ1n) is 4.48. The lowest BCUT2D eigenvalue weighted by Gasteiger charge is -2.33. The quantitative estimate of drug-likeness (QED) is 0.678. The molecule has 0 aromatic heterocycles. The molecule has 1 rings (SSSR count). The van der Waals surface area contributed by atoms with E-state index in [-0.39, 0.29) is 5.92 Å². The zero-order valence-electron chi connectivity index (χ0n) is 7.05. The van der Waals surface area contributed by atoms with Gasteiger partial charge in [-0.1, -0.05) is 19.8 Å². The molecule has 2 nitrogen and oxygen atoms in total. The average Bonchev–Trinajstić information content (AvgIpc) is 1.84. The van der Waals surface area contributed by atoms with Gasteiger partial charge in [0.1, 0.15) is 0 Å². The van der Waals surface area contributed by atoms with E-state index >= 15 is 0 Å². The first kappa shape index (κ1) is 8.57. The van der Waals surface area contributed by atoms with Crippen LogP contribution in [0.2, 0.25) is 0 Å². The van der Waals surface area contributed by atoms with Gasteiger partial charge in [-0.3, -0.25) is 4.79 Å². The molecule has 2 unspecified atom stereocenters. The Morgan fingerprint density at radius 2 is 2.27 bits per heavy atom. The molecule has 1 aliphatic rings. The molecular formula is C9H16O2. The summed E-state index contributed by atoms with van der Waals surface area (Å²) < 4.78 is 0. The molecule has 2 heteroatoms. The maximum absolute atomic E-state index is 10.6. The highest BCUT2D eigenvalue weighted by Gasteiger charge is 2.35. The summed E-state index contributed by atoms with van der Waals surface area (Å²) in [5.74, 6) is -0.105. The van der Waals surface area contributed by atoms with Gasteiger partial charge in [0.25, 0.3) is 0 Å². The van der Waals surface area contributed by atoms with Gasteiger partial charge in [0, 0.05) is 0 Å². The smallest absolute Gasteiger partial charge is 0.306 e. The SMILES string of the molecule is CCCCC1CCC1C(=O)O. The van der Waals surface area contributed by atoms with Gasteiger partial charge in [0.05, 0.1) is 5.92 Å². The van der Waals surface area contributed by atoms with Crippen molar-refractivity contribution in [1.82, 2.24) is 0 Å². The predicted molar refractivity (Wildman–Crippen MR) is 43.4 cm³/mol. The van der Waals surface area contributed by atoms with E-state index in [1.54, 1.807) is 0 Å². The predicted octanol–water partition coefficient (Wildman–Crippen LogP) is 2.29. The van der Waals surface area contributed by atoms with Crippen molar-refractivity contribution in [2.24, 2.45) is 11.8 Å². The minimum atomic E-state index is -0.586. The van der Waals surface area contributed by atoms with Crippen LogP contribution >= 0.6 is 0 Å². The Balaban J connectivity index is 2.20. The summed E-state index contributed by atoms with van der Waals surface area (Å²) >= 11 is 0. The molecule has 0 aromatic rings. The fraction of sp³-hybridized carbons (Fsp3) is 0.889. The highest BCUT2D eigenvalue weighted by atomic mass is 16.4. The van der Waals surface area contributed by atoms with Crippen LogP contribution in [0.3, 0.4) is 0 Å². The van der Waals surface area contributed by atoms with E-state index < -0.39 is 5.97 Å². The number of carbonyl (C=O) groups is 1. The maximum Gasteiger partial charge on any atom is 0.306 e. The monoisotopic (exact) mass is 156 g/mol. The zero-order chi connectivity index (χ0) is 8.27. The molecule has 0 radical (unpaired) electrons. The van der Waals surface area contributed by atoms with E-state index in [4.69, 9.17) is 5.11 Å². The van der Waals surface area contributed by atoms with Crippen molar-refractivity contribution >= 4 is 5.97 Å². The third kappa shape index (κ3) is 1.95. The van der Waals surface area contributed by atoms with Gasteiger partial charge in [-0.15, -0.1) is 0 Å². The molecule has 64 valence electrons. The van der Waals surface area contributed by atoms with Crippen molar-refractivity contribution in [3.05, 3.63) is 0 Å². The van der Waals surface area contributed by atoms with E-state index in [1.165, 1.54) is 12.8 Å². The van der Waals surface area contributed by atoms with Crippen LogP contribution in [0.1, 0.15) is 39.0 Å². The van der Waals surface area contributed by atoms with Crippen LogP contribution in [-0.2, 0) is 4.79 Å². The number of carboxylic acid groups (broad SMARTS) is 1. The van der Waals surface area contributed by atoms with Crippen molar-refractivity contribution in [3.63, 3.8) is 0 Å². The lowest BCUT2D eigenvalue weighted by molar-refractivity contribution is -0.147. The molecule has 0 amide bonds. The van der Waals surface area contributed by atoms with Crippen molar-refractivity contribution in [3.8, 4) is 0 Å². The van der Waals surface area contributed by atoms with Crippen LogP contribution in [0.4, 0.5) is 0 Å². The Morgan fingerprint density at radius 1 is 1.55 bits per heavy atom. The summed E-state index contributed by atoms with van der Waals surface area (Å²) in [5.41, 5.74) is 0. The molecule has 1 N–H and O–H groups in total. The normalized spacial score (nSPS) is 29.5. The lowest BCUT2D eigenvalue weighted by Crippen LogP contribution is -2.32. The van der Waals surface area contributed by atoms with Gasteiger partial charge in [-0.2, -0.15) is 0 Å². The van der Waals surface area contributed by atoms with Crippen molar-refractivity contribution in [2.75, 3.05) is 0 Å². The van der Waals surface area contributed by atoms with Gasteiger partial charge in [-0.05, 0) is 25.2 Å². The lowest BCUT2D eigenvalue weighted by atomic mass is 9.71. The van der Waals surface area contributed by atoms with E-state index in [0.717, 1.165) is 19.3 Å². The fourth-order valence-electron chi connectivity index (χ4n) is 1.71. The summed E-state index contributed by atoms with van der Waals surface area (Å²) in [7, 11) is 0. The second-order valence-electron chi connectivity index (χ2n) is 3.42. The van der Waals surface area contributed by atoms with Crippen molar-refractivity contribution < 1.29 is 9.90 Å². The third-order valence-electron chi connectivity index (χ3n) is 2.66. The maximum atomic E-state index is 10.6. The molecule has 0 aliphatic heterocycles. The minimum Gasteiger partial charge on any atom is -0.481 e. The van der Waals surface area contributed by atoms with Crippen LogP contribution in [-0.4, -0.2) is 11.1 Å². The fourth-order valence-corrected chi connectivity index (χ4v) is 1.71. The van der Waals surface area contributed by atoms with Crippen molar-refractivity contribution in [2.45, 2.75) is 39.0 Å². The van der Waals surface area contributed by atoms with Crippen LogP contribution in [0.5, 0.6) is 0 Å². The molecule has 0 bridgehead atoms. The van der Waals surface area contributed by atoms with Crippen molar-refractivity contribution in [1.29, 1.82) is 0 Å². The third-order valence-corrected chi connectivity index (χ3v) is 2.66. The number of hydrogen-bond acceptors (Lipinski definition) is 1. The zero-order valence-corrected chi connectivity index (χ0v) is 7.05. The Hall–Kier alpha value is -0.530. The number of aliphatic carboxylic acids is 1. The van der Waals surface area contributed by atoms with Gasteiger partial charge in [0.15, 0.2) is 0 Å². The van der Waals surface area contributed by atoms with E-state index in [2.05, 4.69) is 6.92 Å². The van der Waals surface area contributed by atoms with E-state index in [1.807, 2.05) is 0 Å². The first-order chi connectivity index (χ1) is 5.25. The molecule has 0 aromatic carbocycles. The molecule has 0 saturated heterocycles. The summed E-state index contributed by atoms with van der Waals surface area (Å²) in [5, 5.41) is 8.70. The number of carboxylic acids is 1. The Morgan fingerprint density at radius 3 is 2.64 bits per heavy atom. The summed E-state index contributed by atoms with van der Waals surface area (Å²) in [6.07, 6.45) is 5.53. The Kier molecular flexibility index (Phi) is 2.92. The van der Waals surface area contributed by atoms with Gasteiger partial charge in [-0.25, -0.2) is 0 Å². The highest BCUT2D eigenvalue weighted by Crippen LogP contribution is 2.37. The summed E-state index contributed by atoms with van der Waals surface area (Å²) in [4.78, 5) is 10.6. The van der Waals surface area contributed by atoms with E-state index in [9.17, 15) is 4.79 Å². The van der Waals surface area contributed by atoms with Crippen LogP contribution in [0, 0.1) is 11.8 Å². The molecule has 2 atom stereocenters. The minimum absolute atomic E-state index is 0.0125. The number of hydrogen-bond donors (Lipinski definition) is 1. The second kappa shape index (κ2) is 3.74. The second-order valence-corrected chi connectivity index (χ2v) is 3.42. The van der Waals surface area contributed by atoms with Crippen LogP contribution in [0.15, 0.2) is 0 Å². The largest absolute Gasteiger partial charge is 0.481 e. The van der Waals surface area contributed by atoms with Gasteiger partial charge >= 0.3 is 5.97 Å². The molecule has 11 heavy (non-hydrogen) atoms. The van der Waals surface area contributed by atoms with Crippen LogP contribution in [0.25, 0.3) is 0 Å². The molecule has 1 fully saturated rings. The molecule has 0 heterocycles. The molecule has 0 spiro atoms. The average molecular weight is 156 g/mol. The number of rotatable bonds is 4. The van der Waals surface area contributed by atoms with Gasteiger partial charge in [0.2, 0.25) is 0 Å². The van der Waals surface area contributed by atoms with Gasteiger partial charge < -0.3 is 5.11 Å². The molecule has 1 aliphatic carbocycles.